The van der Waals surface area contributed by atoms with Crippen LogP contribution in [-0.2, 0) is 34.3 Å². The molecule has 0 aromatic heterocycles. The number of esters is 2. The van der Waals surface area contributed by atoms with Gasteiger partial charge in [0.15, 0.2) is 15.6 Å². The Balaban J connectivity index is 2.15. The fraction of sp³-hybridized carbons (Fsp3) is 0.481. The van der Waals surface area contributed by atoms with Crippen LogP contribution >= 0.6 is 34.8 Å². The van der Waals surface area contributed by atoms with E-state index in [0.29, 0.717) is 15.8 Å². The molecule has 0 fully saturated rings. The molecule has 0 spiro atoms. The summed E-state index contributed by atoms with van der Waals surface area (Å²) in [5.41, 5.74) is 1.24. The number of alkyl halides is 1. The number of benzene rings is 2. The summed E-state index contributed by atoms with van der Waals surface area (Å²) in [5.74, 6) is -0.614. The van der Waals surface area contributed by atoms with Crippen LogP contribution in [0.3, 0.4) is 0 Å². The van der Waals surface area contributed by atoms with Gasteiger partial charge >= 0.3 is 11.9 Å². The van der Waals surface area contributed by atoms with Gasteiger partial charge in [-0.1, -0.05) is 56.1 Å². The van der Waals surface area contributed by atoms with Crippen LogP contribution in [0.15, 0.2) is 36.4 Å². The fourth-order valence-electron chi connectivity index (χ4n) is 3.66. The third kappa shape index (κ3) is 10.0. The van der Waals surface area contributed by atoms with E-state index < -0.39 is 39.4 Å². The molecule has 0 aliphatic heterocycles. The van der Waals surface area contributed by atoms with Crippen LogP contribution < -0.4 is 9.47 Å². The third-order valence-corrected chi connectivity index (χ3v) is 8.53. The van der Waals surface area contributed by atoms with Gasteiger partial charge in [-0.2, -0.15) is 0 Å². The van der Waals surface area contributed by atoms with Crippen LogP contribution in [0.1, 0.15) is 45.7 Å². The molecule has 0 saturated heterocycles. The molecule has 0 heterocycles. The zero-order chi connectivity index (χ0) is 29.4. The number of carbonyl (C=O) groups is 2. The van der Waals surface area contributed by atoms with Gasteiger partial charge in [-0.3, -0.25) is 9.59 Å². The summed E-state index contributed by atoms with van der Waals surface area (Å²) in [6.07, 6.45) is -1.56. The zero-order valence-corrected chi connectivity index (χ0v) is 25.5. The molecular formula is C27H33Cl3O8S. The monoisotopic (exact) mass is 622 g/mol. The molecule has 0 unspecified atom stereocenters. The van der Waals surface area contributed by atoms with Crippen LogP contribution in [0.5, 0.6) is 11.5 Å². The highest BCUT2D eigenvalue weighted by Crippen LogP contribution is 2.40. The van der Waals surface area contributed by atoms with E-state index in [1.54, 1.807) is 24.3 Å². The maximum atomic E-state index is 12.0. The molecule has 39 heavy (non-hydrogen) atoms. The maximum absolute atomic E-state index is 12.0. The average molecular weight is 624 g/mol. The van der Waals surface area contributed by atoms with E-state index in [4.69, 9.17) is 53.8 Å². The average Bonchev–Trinajstić information content (AvgIpc) is 2.85. The standard InChI is InChI=1S/C27H33Cl3O8S/c1-6-39(33,34)16-23(38-18(3)32)15-35-21-9-7-19(8-10-21)27(4,5)20-11-24(29)26(25(30)12-20)36-14-22(13-28)37-17(2)31/h7-12,22-23H,6,13-16H2,1-5H3/t22-,23-/m0/s1. The predicted octanol–water partition coefficient (Wildman–Crippen LogP) is 5.61. The lowest BCUT2D eigenvalue weighted by Gasteiger charge is -2.27. The Kier molecular flexibility index (Phi) is 12.2. The molecule has 216 valence electrons. The second-order valence-corrected chi connectivity index (χ2v) is 12.9. The number of hydrogen-bond acceptors (Lipinski definition) is 8. The lowest BCUT2D eigenvalue weighted by atomic mass is 9.78. The van der Waals surface area contributed by atoms with Gasteiger partial charge in [-0.05, 0) is 35.4 Å². The molecule has 0 amide bonds. The van der Waals surface area contributed by atoms with Gasteiger partial charge < -0.3 is 18.9 Å². The summed E-state index contributed by atoms with van der Waals surface area (Å²) in [5, 5.41) is 0.584. The predicted molar refractivity (Wildman–Crippen MR) is 152 cm³/mol. The first kappa shape index (κ1) is 33.0. The number of ether oxygens (including phenoxy) is 4. The normalized spacial score (nSPS) is 13.3. The van der Waals surface area contributed by atoms with Gasteiger partial charge in [0.05, 0.1) is 21.7 Å². The minimum atomic E-state index is -3.36. The summed E-state index contributed by atoms with van der Waals surface area (Å²) in [7, 11) is -3.36. The number of rotatable bonds is 14. The second-order valence-electron chi connectivity index (χ2n) is 9.36. The molecule has 0 aliphatic carbocycles. The molecular weight excluding hydrogens is 591 g/mol. The van der Waals surface area contributed by atoms with Crippen LogP contribution in [0.25, 0.3) is 0 Å². The van der Waals surface area contributed by atoms with E-state index in [0.717, 1.165) is 11.1 Å². The second kappa shape index (κ2) is 14.4. The minimum absolute atomic E-state index is 0.00455. The van der Waals surface area contributed by atoms with Gasteiger partial charge in [0, 0.05) is 25.0 Å². The first-order valence-corrected chi connectivity index (χ1v) is 15.3. The van der Waals surface area contributed by atoms with Gasteiger partial charge in [0.2, 0.25) is 0 Å². The lowest BCUT2D eigenvalue weighted by molar-refractivity contribution is -0.147. The zero-order valence-electron chi connectivity index (χ0n) is 22.5. The summed E-state index contributed by atoms with van der Waals surface area (Å²) in [6.45, 7) is 7.94. The van der Waals surface area contributed by atoms with E-state index in [1.165, 1.54) is 20.8 Å². The van der Waals surface area contributed by atoms with Crippen molar-refractivity contribution in [3.05, 3.63) is 57.6 Å². The Morgan fingerprint density at radius 3 is 1.87 bits per heavy atom. The number of carbonyl (C=O) groups excluding carboxylic acids is 2. The minimum Gasteiger partial charge on any atom is -0.490 e. The van der Waals surface area contributed by atoms with Crippen molar-refractivity contribution in [2.75, 3.05) is 30.6 Å². The van der Waals surface area contributed by atoms with Crippen molar-refractivity contribution in [3.8, 4) is 11.5 Å². The Labute approximate surface area is 244 Å². The van der Waals surface area contributed by atoms with E-state index in [-0.39, 0.29) is 36.3 Å². The van der Waals surface area contributed by atoms with Crippen LogP contribution in [0.2, 0.25) is 10.0 Å². The van der Waals surface area contributed by atoms with E-state index in [1.807, 2.05) is 26.0 Å². The summed E-state index contributed by atoms with van der Waals surface area (Å²) >= 11 is 18.8. The van der Waals surface area contributed by atoms with Crippen molar-refractivity contribution < 1.29 is 37.0 Å². The summed E-state index contributed by atoms with van der Waals surface area (Å²) in [6, 6.07) is 10.8. The smallest absolute Gasteiger partial charge is 0.303 e. The highest BCUT2D eigenvalue weighted by atomic mass is 35.5. The molecule has 0 bridgehead atoms. The lowest BCUT2D eigenvalue weighted by Crippen LogP contribution is -2.32. The van der Waals surface area contributed by atoms with Crippen LogP contribution in [0, 0.1) is 0 Å². The fourth-order valence-corrected chi connectivity index (χ4v) is 5.37. The van der Waals surface area contributed by atoms with Gasteiger partial charge in [0.25, 0.3) is 0 Å². The van der Waals surface area contributed by atoms with Crippen molar-refractivity contribution >= 4 is 56.6 Å². The van der Waals surface area contributed by atoms with Crippen LogP contribution in [0.4, 0.5) is 0 Å². The van der Waals surface area contributed by atoms with Crippen molar-refractivity contribution in [2.24, 2.45) is 0 Å². The summed E-state index contributed by atoms with van der Waals surface area (Å²) < 4.78 is 45.6. The van der Waals surface area contributed by atoms with Crippen molar-refractivity contribution in [2.45, 2.75) is 52.2 Å². The Morgan fingerprint density at radius 1 is 0.872 bits per heavy atom. The molecule has 2 aromatic carbocycles. The molecule has 2 rings (SSSR count). The first-order chi connectivity index (χ1) is 18.2. The Bertz CT molecular complexity index is 1220. The quantitative estimate of drug-likeness (QED) is 0.197. The van der Waals surface area contributed by atoms with E-state index >= 15 is 0 Å². The topological polar surface area (TPSA) is 105 Å². The molecule has 12 heteroatoms. The van der Waals surface area contributed by atoms with Gasteiger partial charge in [0.1, 0.15) is 31.2 Å². The van der Waals surface area contributed by atoms with Crippen molar-refractivity contribution in [3.63, 3.8) is 0 Å². The molecule has 8 nitrogen and oxygen atoms in total. The molecule has 2 atom stereocenters. The molecule has 0 N–H and O–H groups in total. The molecule has 0 radical (unpaired) electrons. The van der Waals surface area contributed by atoms with E-state index in [9.17, 15) is 18.0 Å². The Hall–Kier alpha value is -2.20. The van der Waals surface area contributed by atoms with Gasteiger partial charge in [-0.25, -0.2) is 8.42 Å². The number of hydrogen-bond donors (Lipinski definition) is 0. The molecule has 0 aliphatic rings. The largest absolute Gasteiger partial charge is 0.490 e. The number of sulfone groups is 1. The highest BCUT2D eigenvalue weighted by molar-refractivity contribution is 7.91. The molecule has 0 saturated carbocycles. The van der Waals surface area contributed by atoms with Gasteiger partial charge in [-0.15, -0.1) is 11.6 Å². The van der Waals surface area contributed by atoms with E-state index in [2.05, 4.69) is 0 Å². The highest BCUT2D eigenvalue weighted by Gasteiger charge is 2.27. The van der Waals surface area contributed by atoms with Crippen molar-refractivity contribution in [1.29, 1.82) is 0 Å². The first-order valence-electron chi connectivity index (χ1n) is 12.1. The van der Waals surface area contributed by atoms with Crippen molar-refractivity contribution in [1.82, 2.24) is 0 Å². The SMILES string of the molecule is CCS(=O)(=O)C[C@H](COc1ccc(C(C)(C)c2cc(Cl)c(OC[C@H](CCl)OC(C)=O)c(Cl)c2)cc1)OC(C)=O. The number of halogens is 3. The molecule has 2 aromatic rings. The third-order valence-electron chi connectivity index (χ3n) is 5.86. The Morgan fingerprint density at radius 2 is 1.38 bits per heavy atom. The van der Waals surface area contributed by atoms with Crippen LogP contribution in [-0.4, -0.2) is 63.2 Å². The summed E-state index contributed by atoms with van der Waals surface area (Å²) in [4.78, 5) is 22.6. The maximum Gasteiger partial charge on any atom is 0.303 e.